The average molecular weight is 643 g/mol. The van der Waals surface area contributed by atoms with E-state index in [9.17, 15) is 0 Å². The van der Waals surface area contributed by atoms with Crippen LogP contribution in [0.1, 0.15) is 140 Å². The van der Waals surface area contributed by atoms with Gasteiger partial charge in [-0.05, 0) is 122 Å². The van der Waals surface area contributed by atoms with Crippen LogP contribution in [0.25, 0.3) is 0 Å². The largest absolute Gasteiger partial charge is 0.410 e. The Morgan fingerprint density at radius 3 is 1.86 bits per heavy atom. The van der Waals surface area contributed by atoms with Crippen LogP contribution in [0.5, 0.6) is 0 Å². The van der Waals surface area contributed by atoms with E-state index in [1.54, 1.807) is 5.57 Å². The number of rotatable bonds is 9. The molecule has 0 aliphatic heterocycles. The Balaban J connectivity index is 1.85. The first kappa shape index (κ1) is 38.0. The maximum Gasteiger partial charge on any atom is 0.192 e. The summed E-state index contributed by atoms with van der Waals surface area (Å²) in [6.45, 7) is 40.7. The summed E-state index contributed by atoms with van der Waals surface area (Å²) in [7, 11) is -3.92. The van der Waals surface area contributed by atoms with Crippen molar-refractivity contribution in [1.82, 2.24) is 0 Å². The summed E-state index contributed by atoms with van der Waals surface area (Å²) in [4.78, 5) is 0. The van der Waals surface area contributed by atoms with Crippen LogP contribution in [0.2, 0.25) is 36.3 Å². The minimum atomic E-state index is -1.96. The van der Waals surface area contributed by atoms with Crippen molar-refractivity contribution in [3.05, 3.63) is 35.5 Å². The predicted octanol–water partition coefficient (Wildman–Crippen LogP) is 13.0. The van der Waals surface area contributed by atoms with Crippen molar-refractivity contribution in [3.63, 3.8) is 0 Å². The summed E-state index contributed by atoms with van der Waals surface area (Å²) in [6, 6.07) is 0. The summed E-state index contributed by atoms with van der Waals surface area (Å²) < 4.78 is 14.2. The summed E-state index contributed by atoms with van der Waals surface area (Å²) in [5, 5.41) is 0.337. The van der Waals surface area contributed by atoms with Crippen LogP contribution in [-0.2, 0) is 8.85 Å². The molecule has 0 aromatic carbocycles. The highest BCUT2D eigenvalue weighted by Crippen LogP contribution is 2.60. The number of hydrogen-bond acceptors (Lipinski definition) is 2. The van der Waals surface area contributed by atoms with Crippen LogP contribution in [0.15, 0.2) is 35.5 Å². The van der Waals surface area contributed by atoms with Crippen LogP contribution >= 0.6 is 0 Å². The molecule has 3 saturated carbocycles. The van der Waals surface area contributed by atoms with Crippen LogP contribution in [0.4, 0.5) is 0 Å². The van der Waals surface area contributed by atoms with E-state index in [0.29, 0.717) is 10.8 Å². The van der Waals surface area contributed by atoms with E-state index in [2.05, 4.69) is 121 Å². The fraction of sp³-hybridized carbons (Fsp3) is 0.850. The molecular weight excluding hydrogens is 569 g/mol. The fourth-order valence-corrected chi connectivity index (χ4v) is 10.7. The predicted molar refractivity (Wildman–Crippen MR) is 199 cm³/mol. The molecule has 0 saturated heterocycles. The minimum absolute atomic E-state index is 0.0468. The lowest BCUT2D eigenvalue weighted by molar-refractivity contribution is 0.0920. The average Bonchev–Trinajstić information content (AvgIpc) is 3.20. The molecule has 3 fully saturated rings. The van der Waals surface area contributed by atoms with Crippen LogP contribution in [0, 0.1) is 28.6 Å². The maximum absolute atomic E-state index is 7.10. The van der Waals surface area contributed by atoms with Gasteiger partial charge in [0.2, 0.25) is 0 Å². The Labute approximate surface area is 277 Å². The van der Waals surface area contributed by atoms with Crippen molar-refractivity contribution in [3.8, 4) is 0 Å². The van der Waals surface area contributed by atoms with Crippen LogP contribution in [-0.4, -0.2) is 28.8 Å². The fourth-order valence-electron chi connectivity index (χ4n) is 8.06. The molecule has 0 spiro atoms. The number of fused-ring (bicyclic) bond motifs is 1. The van der Waals surface area contributed by atoms with Gasteiger partial charge in [0.25, 0.3) is 0 Å². The van der Waals surface area contributed by atoms with E-state index in [1.165, 1.54) is 62.5 Å². The van der Waals surface area contributed by atoms with Gasteiger partial charge < -0.3 is 8.85 Å². The van der Waals surface area contributed by atoms with E-state index in [-0.39, 0.29) is 22.3 Å². The highest BCUT2D eigenvalue weighted by atomic mass is 28.4. The highest BCUT2D eigenvalue weighted by molar-refractivity contribution is 6.74. The van der Waals surface area contributed by atoms with Gasteiger partial charge >= 0.3 is 0 Å². The highest BCUT2D eigenvalue weighted by Gasteiger charge is 2.50. The lowest BCUT2D eigenvalue weighted by Crippen LogP contribution is -2.49. The quantitative estimate of drug-likeness (QED) is 0.184. The zero-order valence-corrected chi connectivity index (χ0v) is 34.1. The van der Waals surface area contributed by atoms with Gasteiger partial charge in [-0.25, -0.2) is 0 Å². The lowest BCUT2D eigenvalue weighted by Gasteiger charge is -2.46. The molecule has 0 radical (unpaired) electrons. The molecular formula is C40H74O2Si2. The Hall–Kier alpha value is -0.426. The van der Waals surface area contributed by atoms with Crippen LogP contribution in [0.3, 0.4) is 0 Å². The lowest BCUT2D eigenvalue weighted by atomic mass is 9.60. The number of hydrogen-bond donors (Lipinski definition) is 0. The standard InChI is InChI=1S/C40H74O2Si2/c1-29(19-17-25-37(3,4)5)33-23-24-34-32(20-18-26-40(33,34)12)22-21-31-27-35(41-43(13,14)38(6,7)8)30(2)36(28-31)42-44(15,16)39(9,10)11/h21-22,29,33-36H,2,17-20,23-28H2,1,3-16H3/t29-,33+,34-,35+,36+,40+/m0/s1. The second kappa shape index (κ2) is 13.6. The molecule has 3 aliphatic rings. The van der Waals surface area contributed by atoms with E-state index in [4.69, 9.17) is 8.85 Å². The van der Waals surface area contributed by atoms with Gasteiger partial charge in [0, 0.05) is 0 Å². The third-order valence-electron chi connectivity index (χ3n) is 13.1. The third-order valence-corrected chi connectivity index (χ3v) is 22.0. The van der Waals surface area contributed by atoms with E-state index in [0.717, 1.165) is 30.6 Å². The Morgan fingerprint density at radius 1 is 0.864 bits per heavy atom. The van der Waals surface area contributed by atoms with Gasteiger partial charge in [-0.15, -0.1) is 0 Å². The molecule has 2 nitrogen and oxygen atoms in total. The van der Waals surface area contributed by atoms with E-state index >= 15 is 0 Å². The van der Waals surface area contributed by atoms with Gasteiger partial charge in [0.1, 0.15) is 0 Å². The van der Waals surface area contributed by atoms with Crippen molar-refractivity contribution in [1.29, 1.82) is 0 Å². The first-order chi connectivity index (χ1) is 19.9. The molecule has 4 heteroatoms. The van der Waals surface area contributed by atoms with Crippen molar-refractivity contribution in [2.75, 3.05) is 0 Å². The summed E-state index contributed by atoms with van der Waals surface area (Å²) in [5.41, 5.74) is 5.31. The third kappa shape index (κ3) is 8.92. The SMILES string of the molecule is C=C1[C@H](O[Si](C)(C)C(C)(C)C)CC(=CC=C2CCC[C@]3(C)[C@@H]([C@@H](C)CCCC(C)(C)C)CC[C@@H]23)C[C@H]1O[Si](C)(C)C(C)(C)C. The molecule has 0 amide bonds. The zero-order chi connectivity index (χ0) is 33.5. The molecule has 44 heavy (non-hydrogen) atoms. The van der Waals surface area contributed by atoms with E-state index < -0.39 is 16.6 Å². The minimum Gasteiger partial charge on any atom is -0.410 e. The second-order valence-corrected chi connectivity index (χ2v) is 29.3. The smallest absolute Gasteiger partial charge is 0.192 e. The van der Waals surface area contributed by atoms with Gasteiger partial charge in [-0.3, -0.25) is 0 Å². The van der Waals surface area contributed by atoms with Crippen LogP contribution < -0.4 is 0 Å². The van der Waals surface area contributed by atoms with Crippen molar-refractivity contribution < 1.29 is 8.85 Å². The van der Waals surface area contributed by atoms with E-state index in [1.807, 2.05) is 0 Å². The van der Waals surface area contributed by atoms with Gasteiger partial charge in [-0.2, -0.15) is 0 Å². The topological polar surface area (TPSA) is 18.5 Å². The van der Waals surface area contributed by atoms with Crippen molar-refractivity contribution in [2.45, 2.75) is 189 Å². The molecule has 3 aliphatic carbocycles. The monoisotopic (exact) mass is 643 g/mol. The maximum atomic E-state index is 7.10. The van der Waals surface area contributed by atoms with Gasteiger partial charge in [0.05, 0.1) is 12.2 Å². The molecule has 0 N–H and O–H groups in total. The van der Waals surface area contributed by atoms with Gasteiger partial charge in [-0.1, -0.05) is 119 Å². The molecule has 0 heterocycles. The number of allylic oxidation sites excluding steroid dienone is 3. The first-order valence-corrected chi connectivity index (χ1v) is 24.1. The molecule has 0 aromatic heterocycles. The second-order valence-electron chi connectivity index (χ2n) is 19.8. The Morgan fingerprint density at radius 2 is 1.39 bits per heavy atom. The summed E-state index contributed by atoms with van der Waals surface area (Å²) >= 11 is 0. The van der Waals surface area contributed by atoms with Crippen molar-refractivity contribution in [2.24, 2.45) is 28.6 Å². The van der Waals surface area contributed by atoms with Gasteiger partial charge in [0.15, 0.2) is 16.6 Å². The molecule has 3 rings (SSSR count). The van der Waals surface area contributed by atoms with Crippen molar-refractivity contribution >= 4 is 16.6 Å². The molecule has 0 bridgehead atoms. The molecule has 0 unspecified atom stereocenters. The zero-order valence-electron chi connectivity index (χ0n) is 32.1. The molecule has 254 valence electrons. The normalized spacial score (nSPS) is 30.9. The summed E-state index contributed by atoms with van der Waals surface area (Å²) in [6.07, 6.45) is 18.0. The first-order valence-electron chi connectivity index (χ1n) is 18.3. The Bertz CT molecular complexity index is 1020. The summed E-state index contributed by atoms with van der Waals surface area (Å²) in [5.74, 6) is 2.45. The Kier molecular flexibility index (Phi) is 11.7. The molecule has 6 atom stereocenters. The molecule has 0 aromatic rings.